The molecule has 8 nitrogen and oxygen atoms in total. The molecule has 0 saturated heterocycles. The van der Waals surface area contributed by atoms with Crippen molar-refractivity contribution < 1.29 is 33.0 Å². The zero-order valence-electron chi connectivity index (χ0n) is 21.8. The first kappa shape index (κ1) is 27.5. The van der Waals surface area contributed by atoms with Gasteiger partial charge in [0.2, 0.25) is 5.90 Å². The third kappa shape index (κ3) is 8.24. The minimum atomic E-state index is -1.10. The summed E-state index contributed by atoms with van der Waals surface area (Å²) in [6.07, 6.45) is -2.04. The molecule has 9 heteroatoms. The van der Waals surface area contributed by atoms with E-state index >= 15 is 4.39 Å². The van der Waals surface area contributed by atoms with Crippen LogP contribution in [0.3, 0.4) is 0 Å². The molecule has 0 fully saturated rings. The molecule has 1 amide bonds. The molecular weight excluding hydrogens is 479 g/mol. The van der Waals surface area contributed by atoms with Crippen LogP contribution in [0, 0.1) is 17.7 Å². The van der Waals surface area contributed by atoms with Gasteiger partial charge in [-0.05, 0) is 59.2 Å². The van der Waals surface area contributed by atoms with Gasteiger partial charge in [0.15, 0.2) is 5.82 Å². The molecule has 1 heterocycles. The van der Waals surface area contributed by atoms with E-state index in [0.717, 1.165) is 5.56 Å². The first-order valence-electron chi connectivity index (χ1n) is 11.8. The largest absolute Gasteiger partial charge is 0.534 e. The molecule has 196 valence electrons. The minimum absolute atomic E-state index is 0.0633. The molecule has 0 saturated carbocycles. The molecule has 37 heavy (non-hydrogen) atoms. The lowest BCUT2D eigenvalue weighted by Gasteiger charge is -2.26. The van der Waals surface area contributed by atoms with Crippen molar-refractivity contribution in [3.8, 4) is 11.8 Å². The number of halogens is 1. The molecule has 1 atom stereocenters. The smallest absolute Gasteiger partial charge is 0.475 e. The molecule has 0 aliphatic carbocycles. The third-order valence-electron chi connectivity index (χ3n) is 4.68. The van der Waals surface area contributed by atoms with Crippen LogP contribution in [-0.2, 0) is 19.0 Å². The second kappa shape index (κ2) is 11.3. The van der Waals surface area contributed by atoms with Crippen molar-refractivity contribution in [1.82, 2.24) is 5.06 Å². The van der Waals surface area contributed by atoms with Gasteiger partial charge in [0.05, 0.1) is 11.1 Å². The lowest BCUT2D eigenvalue weighted by atomic mass is 10.1. The molecule has 1 aliphatic rings. The Kier molecular flexibility index (Phi) is 8.43. The van der Waals surface area contributed by atoms with Crippen LogP contribution < -0.4 is 0 Å². The van der Waals surface area contributed by atoms with E-state index in [0.29, 0.717) is 11.7 Å². The highest BCUT2D eigenvalue weighted by molar-refractivity contribution is 5.96. The zero-order valence-corrected chi connectivity index (χ0v) is 21.8. The summed E-state index contributed by atoms with van der Waals surface area (Å²) in [6.45, 7) is 9.89. The molecule has 0 spiro atoms. The second-order valence-corrected chi connectivity index (χ2v) is 10.2. The van der Waals surface area contributed by atoms with Gasteiger partial charge in [-0.3, -0.25) is 4.84 Å². The van der Waals surface area contributed by atoms with Gasteiger partial charge in [0.25, 0.3) is 0 Å². The summed E-state index contributed by atoms with van der Waals surface area (Å²) in [6, 6.07) is 14.1. The molecular formula is C28H31FN2O6. The molecule has 0 radical (unpaired) electrons. The highest BCUT2D eigenvalue weighted by Crippen LogP contribution is 2.26. The average Bonchev–Trinajstić information content (AvgIpc) is 3.28. The van der Waals surface area contributed by atoms with Gasteiger partial charge in [-0.2, -0.15) is 0 Å². The monoisotopic (exact) mass is 510 g/mol. The minimum Gasteiger partial charge on any atom is -0.475 e. The maximum atomic E-state index is 15.3. The van der Waals surface area contributed by atoms with Gasteiger partial charge in [0.1, 0.15) is 30.4 Å². The number of carbonyl (C=O) groups excluding carboxylic acids is 2. The molecule has 0 bridgehead atoms. The Balaban J connectivity index is 1.78. The molecule has 3 rings (SSSR count). The van der Waals surface area contributed by atoms with E-state index in [1.54, 1.807) is 53.7 Å². The summed E-state index contributed by atoms with van der Waals surface area (Å²) in [7, 11) is 0. The average molecular weight is 511 g/mol. The van der Waals surface area contributed by atoms with E-state index in [4.69, 9.17) is 19.0 Å². The van der Waals surface area contributed by atoms with Gasteiger partial charge in [-0.25, -0.2) is 19.0 Å². The topological polar surface area (TPSA) is 86.7 Å². The Morgan fingerprint density at radius 3 is 2.35 bits per heavy atom. The van der Waals surface area contributed by atoms with E-state index in [1.807, 2.05) is 30.3 Å². The van der Waals surface area contributed by atoms with Crippen LogP contribution in [-0.4, -0.2) is 47.6 Å². The number of benzene rings is 2. The highest BCUT2D eigenvalue weighted by atomic mass is 19.1. The Bertz CT molecular complexity index is 1220. The van der Waals surface area contributed by atoms with Crippen molar-refractivity contribution in [3.63, 3.8) is 0 Å². The van der Waals surface area contributed by atoms with Gasteiger partial charge < -0.3 is 14.2 Å². The Hall–Kier alpha value is -4.06. The van der Waals surface area contributed by atoms with Gasteiger partial charge in [-0.15, -0.1) is 5.06 Å². The predicted molar refractivity (Wildman–Crippen MR) is 135 cm³/mol. The first-order chi connectivity index (χ1) is 17.3. The van der Waals surface area contributed by atoms with Crippen molar-refractivity contribution in [1.29, 1.82) is 0 Å². The molecule has 0 aromatic heterocycles. The van der Waals surface area contributed by atoms with Crippen LogP contribution in [0.1, 0.15) is 64.3 Å². The predicted octanol–water partition coefficient (Wildman–Crippen LogP) is 5.80. The van der Waals surface area contributed by atoms with E-state index in [9.17, 15) is 9.59 Å². The summed E-state index contributed by atoms with van der Waals surface area (Å²) in [5.74, 6) is 4.91. The fraction of sp³-hybridized carbons (Fsp3) is 0.393. The fourth-order valence-electron chi connectivity index (χ4n) is 3.17. The van der Waals surface area contributed by atoms with Gasteiger partial charge in [-0.1, -0.05) is 48.2 Å². The van der Waals surface area contributed by atoms with Crippen molar-refractivity contribution in [3.05, 3.63) is 71.0 Å². The Morgan fingerprint density at radius 2 is 1.70 bits per heavy atom. The van der Waals surface area contributed by atoms with Crippen LogP contribution in [0.15, 0.2) is 53.5 Å². The van der Waals surface area contributed by atoms with Crippen LogP contribution >= 0.6 is 0 Å². The first-order valence-corrected chi connectivity index (χ1v) is 11.8. The zero-order chi connectivity index (χ0) is 27.2. The molecule has 2 aromatic rings. The van der Waals surface area contributed by atoms with Crippen LogP contribution in [0.5, 0.6) is 0 Å². The van der Waals surface area contributed by atoms with E-state index < -0.39 is 29.3 Å². The quantitative estimate of drug-likeness (QED) is 0.295. The summed E-state index contributed by atoms with van der Waals surface area (Å²) in [4.78, 5) is 34.2. The molecule has 2 aromatic carbocycles. The molecule has 1 unspecified atom stereocenters. The van der Waals surface area contributed by atoms with Crippen molar-refractivity contribution in [2.24, 2.45) is 4.99 Å². The number of amides is 1. The number of ether oxygens (including phenoxy) is 3. The summed E-state index contributed by atoms with van der Waals surface area (Å²) in [5.41, 5.74) is -0.468. The van der Waals surface area contributed by atoms with Gasteiger partial charge in [0, 0.05) is 0 Å². The number of hydrogen-bond donors (Lipinski definition) is 0. The second-order valence-electron chi connectivity index (χ2n) is 10.2. The lowest BCUT2D eigenvalue weighted by Crippen LogP contribution is -2.40. The van der Waals surface area contributed by atoms with E-state index in [-0.39, 0.29) is 29.6 Å². The summed E-state index contributed by atoms with van der Waals surface area (Å²) < 4.78 is 31.3. The number of nitrogens with zero attached hydrogens (tertiary/aromatic N) is 2. The maximum Gasteiger partial charge on any atom is 0.534 e. The lowest BCUT2D eigenvalue weighted by molar-refractivity contribution is -0.129. The summed E-state index contributed by atoms with van der Waals surface area (Å²) >= 11 is 0. The van der Waals surface area contributed by atoms with Crippen molar-refractivity contribution in [2.45, 2.75) is 58.8 Å². The van der Waals surface area contributed by atoms with Gasteiger partial charge >= 0.3 is 12.2 Å². The van der Waals surface area contributed by atoms with Crippen molar-refractivity contribution >= 4 is 18.1 Å². The number of hydroxylamine groups is 2. The van der Waals surface area contributed by atoms with Crippen molar-refractivity contribution in [2.75, 3.05) is 13.2 Å². The standard InChI is InChI=1S/C28H31FN2O6/c1-27(2,3)35-25(32)31(37-26(33)36-28(4,5)6)17-11-15-20-14-10-16-21(23(20)29)24-30-22(18-34-24)19-12-8-7-9-13-19/h7-10,12-14,16,22H,17-18H2,1-6H3. The number of rotatable bonds is 3. The number of carbonyl (C=O) groups is 2. The number of hydrogen-bond acceptors (Lipinski definition) is 7. The molecule has 0 N–H and O–H groups in total. The fourth-order valence-corrected chi connectivity index (χ4v) is 3.17. The summed E-state index contributed by atoms with van der Waals surface area (Å²) in [5, 5.41) is 0.628. The Morgan fingerprint density at radius 1 is 1.03 bits per heavy atom. The third-order valence-corrected chi connectivity index (χ3v) is 4.68. The SMILES string of the molecule is CC(C)(C)OC(=O)ON(CC#Cc1cccc(C2=NC(c3ccccc3)CO2)c1F)C(=O)OC(C)(C)C. The van der Waals surface area contributed by atoms with Crippen LogP contribution in [0.2, 0.25) is 0 Å². The van der Waals surface area contributed by atoms with Crippen LogP contribution in [0.4, 0.5) is 14.0 Å². The molecule has 1 aliphatic heterocycles. The maximum absolute atomic E-state index is 15.3. The Labute approximate surface area is 216 Å². The van der Waals surface area contributed by atoms with E-state index in [1.165, 1.54) is 6.07 Å². The normalized spacial score (nSPS) is 15.0. The number of aliphatic imine (C=N–C) groups is 1. The highest BCUT2D eigenvalue weighted by Gasteiger charge is 2.28. The van der Waals surface area contributed by atoms with Crippen LogP contribution in [0.25, 0.3) is 0 Å². The van der Waals surface area contributed by atoms with E-state index in [2.05, 4.69) is 16.8 Å².